The minimum Gasteiger partial charge on any atom is -0.251 e. The molecule has 0 fully saturated rings. The summed E-state index contributed by atoms with van der Waals surface area (Å²) < 4.78 is 0. The van der Waals surface area contributed by atoms with Crippen LogP contribution in [-0.4, -0.2) is 11.4 Å². The summed E-state index contributed by atoms with van der Waals surface area (Å²) in [6.45, 7) is 4.46. The van der Waals surface area contributed by atoms with Gasteiger partial charge in [0, 0.05) is 0 Å². The normalized spacial score (nSPS) is 12.5. The van der Waals surface area contributed by atoms with Gasteiger partial charge in [-0.3, -0.25) is 4.99 Å². The van der Waals surface area contributed by atoms with Crippen LogP contribution in [0, 0.1) is 0 Å². The molecule has 0 heterocycles. The van der Waals surface area contributed by atoms with Gasteiger partial charge < -0.3 is 0 Å². The zero-order chi connectivity index (χ0) is 27.6. The van der Waals surface area contributed by atoms with Crippen molar-refractivity contribution in [3.8, 4) is 0 Å². The molecule has 2 aromatic carbocycles. The Labute approximate surface area is 241 Å². The van der Waals surface area contributed by atoms with Crippen LogP contribution in [0.5, 0.6) is 0 Å². The van der Waals surface area contributed by atoms with Crippen LogP contribution >= 0.6 is 0 Å². The molecule has 214 valence electrons. The maximum Gasteiger partial charge on any atom is 0.0848 e. The first-order valence-electron chi connectivity index (χ1n) is 16.3. The summed E-state index contributed by atoms with van der Waals surface area (Å²) in [5, 5.41) is 0. The van der Waals surface area contributed by atoms with E-state index in [4.69, 9.17) is 9.98 Å². The molecule has 0 spiro atoms. The molecule has 0 aliphatic rings. The number of unbranched alkanes of at least 4 members (excludes halogenated alkanes) is 17. The van der Waals surface area contributed by atoms with Gasteiger partial charge >= 0.3 is 0 Å². The largest absolute Gasteiger partial charge is 0.251 e. The van der Waals surface area contributed by atoms with Crippen LogP contribution in [0.4, 0.5) is 11.4 Å². The third-order valence-electron chi connectivity index (χ3n) is 7.41. The second-order valence-electron chi connectivity index (χ2n) is 10.9. The molecule has 0 saturated carbocycles. The predicted octanol–water partition coefficient (Wildman–Crippen LogP) is 12.5. The summed E-state index contributed by atoms with van der Waals surface area (Å²) in [6, 6.07) is 20.4. The second kappa shape index (κ2) is 23.4. The number of aliphatic imine (C=N–C) groups is 2. The van der Waals surface area contributed by atoms with Crippen LogP contribution < -0.4 is 0 Å². The summed E-state index contributed by atoms with van der Waals surface area (Å²) in [4.78, 5) is 9.85. The van der Waals surface area contributed by atoms with E-state index in [-0.39, 0.29) is 0 Å². The van der Waals surface area contributed by atoms with Crippen molar-refractivity contribution >= 4 is 22.8 Å². The lowest BCUT2D eigenvalue weighted by Crippen LogP contribution is -2.10. The first-order chi connectivity index (χ1) is 19.3. The van der Waals surface area contributed by atoms with Crippen molar-refractivity contribution in [2.24, 2.45) is 9.98 Å². The molecule has 2 rings (SSSR count). The standard InChI is InChI=1S/C37H56N2/c1-3-5-6-7-8-9-10-11-12-13-14-15-16-17-18-19-20-21-28-33-37(39-35-31-26-23-27-32-35)36(4-2)38-34-29-24-22-25-30-34/h22-33H,3-21H2,1-2H3/b33-28+,38-36?,39-37?. The summed E-state index contributed by atoms with van der Waals surface area (Å²) in [5.74, 6) is 0. The molecule has 0 aromatic heterocycles. The molecule has 0 amide bonds. The van der Waals surface area contributed by atoms with E-state index in [1.807, 2.05) is 36.4 Å². The van der Waals surface area contributed by atoms with Crippen molar-refractivity contribution in [1.29, 1.82) is 0 Å². The minimum absolute atomic E-state index is 0.851. The number of hydrogen-bond acceptors (Lipinski definition) is 2. The zero-order valence-corrected chi connectivity index (χ0v) is 25.3. The lowest BCUT2D eigenvalue weighted by molar-refractivity contribution is 0.527. The van der Waals surface area contributed by atoms with Crippen LogP contribution in [0.1, 0.15) is 136 Å². The van der Waals surface area contributed by atoms with Crippen molar-refractivity contribution < 1.29 is 0 Å². The Morgan fingerprint density at radius 1 is 0.513 bits per heavy atom. The van der Waals surface area contributed by atoms with E-state index in [0.717, 1.165) is 35.6 Å². The number of allylic oxidation sites excluding steroid dienone is 2. The average Bonchev–Trinajstić information content (AvgIpc) is 2.97. The molecule has 0 unspecified atom stereocenters. The van der Waals surface area contributed by atoms with Gasteiger partial charge in [0.25, 0.3) is 0 Å². The van der Waals surface area contributed by atoms with E-state index in [9.17, 15) is 0 Å². The number of hydrogen-bond donors (Lipinski definition) is 0. The van der Waals surface area contributed by atoms with E-state index in [1.54, 1.807) is 0 Å². The van der Waals surface area contributed by atoms with Crippen LogP contribution in [0.3, 0.4) is 0 Å². The Morgan fingerprint density at radius 2 is 0.923 bits per heavy atom. The topological polar surface area (TPSA) is 24.7 Å². The second-order valence-corrected chi connectivity index (χ2v) is 10.9. The summed E-state index contributed by atoms with van der Waals surface area (Å²) in [7, 11) is 0. The van der Waals surface area contributed by atoms with Crippen LogP contribution in [0.25, 0.3) is 0 Å². The zero-order valence-electron chi connectivity index (χ0n) is 25.3. The fraction of sp³-hybridized carbons (Fsp3) is 0.568. The van der Waals surface area contributed by atoms with Gasteiger partial charge in [-0.15, -0.1) is 0 Å². The van der Waals surface area contributed by atoms with Crippen LogP contribution in [-0.2, 0) is 0 Å². The molecule has 0 aliphatic heterocycles. The Bertz CT molecular complexity index is 911. The lowest BCUT2D eigenvalue weighted by Gasteiger charge is -2.06. The number of nitrogens with zero attached hydrogens (tertiary/aromatic N) is 2. The molecule has 0 atom stereocenters. The molecule has 2 heteroatoms. The van der Waals surface area contributed by atoms with Crippen molar-refractivity contribution in [2.75, 3.05) is 0 Å². The Morgan fingerprint density at radius 3 is 1.36 bits per heavy atom. The molecule has 39 heavy (non-hydrogen) atoms. The van der Waals surface area contributed by atoms with Crippen molar-refractivity contribution in [3.05, 3.63) is 72.8 Å². The maximum atomic E-state index is 4.94. The fourth-order valence-corrected chi connectivity index (χ4v) is 5.00. The van der Waals surface area contributed by atoms with E-state index in [0.29, 0.717) is 0 Å². The van der Waals surface area contributed by atoms with E-state index in [2.05, 4.69) is 50.3 Å². The first kappa shape index (κ1) is 32.7. The van der Waals surface area contributed by atoms with E-state index >= 15 is 0 Å². The lowest BCUT2D eigenvalue weighted by atomic mass is 10.0. The predicted molar refractivity (Wildman–Crippen MR) is 175 cm³/mol. The molecule has 0 saturated heterocycles. The van der Waals surface area contributed by atoms with Gasteiger partial charge in [0.1, 0.15) is 0 Å². The van der Waals surface area contributed by atoms with Gasteiger partial charge in [-0.2, -0.15) is 0 Å². The summed E-state index contributed by atoms with van der Waals surface area (Å²) in [6.07, 6.45) is 30.5. The first-order valence-corrected chi connectivity index (χ1v) is 16.3. The highest BCUT2D eigenvalue weighted by atomic mass is 14.8. The average molecular weight is 529 g/mol. The Balaban J connectivity index is 1.59. The summed E-state index contributed by atoms with van der Waals surface area (Å²) >= 11 is 0. The van der Waals surface area contributed by atoms with E-state index < -0.39 is 0 Å². The highest BCUT2D eigenvalue weighted by molar-refractivity contribution is 6.47. The SMILES string of the molecule is CCCCCCCCCCCCCCCCCCC/C=C/C(=Nc1ccccc1)C(CC)=Nc1ccccc1. The summed E-state index contributed by atoms with van der Waals surface area (Å²) in [5.41, 5.74) is 3.96. The smallest absolute Gasteiger partial charge is 0.0848 e. The molecular weight excluding hydrogens is 472 g/mol. The quantitative estimate of drug-likeness (QED) is 0.101. The van der Waals surface area contributed by atoms with Gasteiger partial charge in [-0.05, 0) is 49.6 Å². The molecular formula is C37H56N2. The molecule has 2 aromatic rings. The number of rotatable bonds is 23. The van der Waals surface area contributed by atoms with Crippen molar-refractivity contribution in [1.82, 2.24) is 0 Å². The Kier molecular flexibility index (Phi) is 19.6. The van der Waals surface area contributed by atoms with Crippen molar-refractivity contribution in [2.45, 2.75) is 136 Å². The van der Waals surface area contributed by atoms with Gasteiger partial charge in [0.2, 0.25) is 0 Å². The Hall–Kier alpha value is -2.48. The van der Waals surface area contributed by atoms with E-state index in [1.165, 1.54) is 109 Å². The van der Waals surface area contributed by atoms with Gasteiger partial charge in [-0.25, -0.2) is 4.99 Å². The van der Waals surface area contributed by atoms with Gasteiger partial charge in [-0.1, -0.05) is 159 Å². The number of para-hydroxylation sites is 2. The molecule has 0 N–H and O–H groups in total. The minimum atomic E-state index is 0.851. The highest BCUT2D eigenvalue weighted by Crippen LogP contribution is 2.17. The van der Waals surface area contributed by atoms with Gasteiger partial charge in [0.05, 0.1) is 22.8 Å². The maximum absolute atomic E-state index is 4.94. The monoisotopic (exact) mass is 528 g/mol. The molecule has 0 radical (unpaired) electrons. The highest BCUT2D eigenvalue weighted by Gasteiger charge is 2.05. The van der Waals surface area contributed by atoms with Crippen molar-refractivity contribution in [3.63, 3.8) is 0 Å². The van der Waals surface area contributed by atoms with Gasteiger partial charge in [0.15, 0.2) is 0 Å². The van der Waals surface area contributed by atoms with Crippen LogP contribution in [0.2, 0.25) is 0 Å². The third-order valence-corrected chi connectivity index (χ3v) is 7.41. The number of benzene rings is 2. The molecule has 0 bridgehead atoms. The van der Waals surface area contributed by atoms with Crippen LogP contribution in [0.15, 0.2) is 82.8 Å². The fourth-order valence-electron chi connectivity index (χ4n) is 5.00. The molecule has 2 nitrogen and oxygen atoms in total. The molecule has 0 aliphatic carbocycles. The third kappa shape index (κ3) is 17.0.